The fraction of sp³-hybridized carbons (Fsp3) is 0.267. The number of carbonyl (C=O) groups excluding carboxylic acids is 1. The second-order valence-electron chi connectivity index (χ2n) is 5.15. The molecule has 0 unspecified atom stereocenters. The summed E-state index contributed by atoms with van der Waals surface area (Å²) in [6.45, 7) is 3.40. The molecule has 0 aliphatic heterocycles. The minimum atomic E-state index is -0.644. The largest absolute Gasteiger partial charge is 0.394 e. The second kappa shape index (κ2) is 5.28. The molecule has 2 aromatic rings. The van der Waals surface area contributed by atoms with Crippen molar-refractivity contribution in [2.45, 2.75) is 19.4 Å². The molecule has 0 heterocycles. The SMILES string of the molecule is CC(C)(CO)NC(=O)Nc1cccc2ccccc12. The van der Waals surface area contributed by atoms with E-state index in [-0.39, 0.29) is 12.6 Å². The molecule has 0 saturated heterocycles. The Labute approximate surface area is 112 Å². The van der Waals surface area contributed by atoms with Crippen LogP contribution in [0.2, 0.25) is 0 Å². The van der Waals surface area contributed by atoms with E-state index in [0.717, 1.165) is 16.5 Å². The maximum atomic E-state index is 11.9. The lowest BCUT2D eigenvalue weighted by atomic mass is 10.1. The summed E-state index contributed by atoms with van der Waals surface area (Å²) in [5.74, 6) is 0. The minimum absolute atomic E-state index is 0.115. The van der Waals surface area contributed by atoms with Gasteiger partial charge in [-0.25, -0.2) is 4.79 Å². The summed E-state index contributed by atoms with van der Waals surface area (Å²) in [5, 5.41) is 16.7. The first-order valence-corrected chi connectivity index (χ1v) is 6.20. The molecule has 0 aromatic heterocycles. The molecule has 0 saturated carbocycles. The zero-order chi connectivity index (χ0) is 13.9. The smallest absolute Gasteiger partial charge is 0.319 e. The van der Waals surface area contributed by atoms with E-state index in [2.05, 4.69) is 10.6 Å². The average Bonchev–Trinajstić information content (AvgIpc) is 2.38. The van der Waals surface area contributed by atoms with Gasteiger partial charge >= 0.3 is 6.03 Å². The van der Waals surface area contributed by atoms with Gasteiger partial charge in [-0.3, -0.25) is 0 Å². The zero-order valence-electron chi connectivity index (χ0n) is 11.1. The van der Waals surface area contributed by atoms with E-state index in [9.17, 15) is 4.79 Å². The predicted molar refractivity (Wildman–Crippen MR) is 77.3 cm³/mol. The van der Waals surface area contributed by atoms with Crippen LogP contribution in [0.4, 0.5) is 10.5 Å². The van der Waals surface area contributed by atoms with Crippen LogP contribution in [0.3, 0.4) is 0 Å². The van der Waals surface area contributed by atoms with Crippen LogP contribution in [0.15, 0.2) is 42.5 Å². The summed E-state index contributed by atoms with van der Waals surface area (Å²) >= 11 is 0. The number of fused-ring (bicyclic) bond motifs is 1. The number of aliphatic hydroxyl groups excluding tert-OH is 1. The van der Waals surface area contributed by atoms with Gasteiger partial charge in [0, 0.05) is 5.39 Å². The molecule has 0 bridgehead atoms. The van der Waals surface area contributed by atoms with Crippen LogP contribution in [0, 0.1) is 0 Å². The lowest BCUT2D eigenvalue weighted by Crippen LogP contribution is -2.48. The summed E-state index contributed by atoms with van der Waals surface area (Å²) in [6, 6.07) is 13.3. The number of urea groups is 1. The Morgan fingerprint density at radius 2 is 1.84 bits per heavy atom. The molecular weight excluding hydrogens is 240 g/mol. The van der Waals surface area contributed by atoms with E-state index >= 15 is 0 Å². The molecule has 3 N–H and O–H groups in total. The number of anilines is 1. The first-order chi connectivity index (χ1) is 9.02. The minimum Gasteiger partial charge on any atom is -0.394 e. The summed E-state index contributed by atoms with van der Waals surface area (Å²) in [5.41, 5.74) is 0.110. The van der Waals surface area contributed by atoms with Crippen molar-refractivity contribution in [3.8, 4) is 0 Å². The Balaban J connectivity index is 2.20. The third-order valence-electron chi connectivity index (χ3n) is 2.89. The standard InChI is InChI=1S/C15H18N2O2/c1-15(2,10-18)17-14(19)16-13-9-5-7-11-6-3-4-8-12(11)13/h3-9,18H,10H2,1-2H3,(H2,16,17,19). The van der Waals surface area contributed by atoms with Crippen molar-refractivity contribution in [2.75, 3.05) is 11.9 Å². The molecule has 2 amide bonds. The van der Waals surface area contributed by atoms with Crippen molar-refractivity contribution in [1.82, 2.24) is 5.32 Å². The van der Waals surface area contributed by atoms with Crippen LogP contribution in [0.1, 0.15) is 13.8 Å². The van der Waals surface area contributed by atoms with Crippen molar-refractivity contribution in [2.24, 2.45) is 0 Å². The summed E-state index contributed by atoms with van der Waals surface area (Å²) in [6.07, 6.45) is 0. The lowest BCUT2D eigenvalue weighted by Gasteiger charge is -2.23. The number of hydrogen-bond donors (Lipinski definition) is 3. The molecule has 0 atom stereocenters. The molecule has 100 valence electrons. The quantitative estimate of drug-likeness (QED) is 0.792. The fourth-order valence-electron chi connectivity index (χ4n) is 1.83. The highest BCUT2D eigenvalue weighted by Gasteiger charge is 2.19. The second-order valence-corrected chi connectivity index (χ2v) is 5.15. The molecule has 2 rings (SSSR count). The molecule has 4 nitrogen and oxygen atoms in total. The van der Waals surface area contributed by atoms with Gasteiger partial charge < -0.3 is 15.7 Å². The molecule has 0 fully saturated rings. The van der Waals surface area contributed by atoms with Gasteiger partial charge in [-0.2, -0.15) is 0 Å². The van der Waals surface area contributed by atoms with E-state index in [0.29, 0.717) is 0 Å². The van der Waals surface area contributed by atoms with E-state index in [4.69, 9.17) is 5.11 Å². The zero-order valence-corrected chi connectivity index (χ0v) is 11.1. The van der Waals surface area contributed by atoms with Crippen LogP contribution in [0.25, 0.3) is 10.8 Å². The number of hydrogen-bond acceptors (Lipinski definition) is 2. The number of benzene rings is 2. The van der Waals surface area contributed by atoms with Gasteiger partial charge in [0.1, 0.15) is 0 Å². The molecule has 0 aliphatic carbocycles. The Morgan fingerprint density at radius 3 is 2.58 bits per heavy atom. The molecular formula is C15H18N2O2. The first-order valence-electron chi connectivity index (χ1n) is 6.20. The normalized spacial score (nSPS) is 11.3. The van der Waals surface area contributed by atoms with Gasteiger partial charge in [-0.1, -0.05) is 36.4 Å². The Morgan fingerprint density at radius 1 is 1.16 bits per heavy atom. The number of amides is 2. The van der Waals surface area contributed by atoms with Crippen LogP contribution < -0.4 is 10.6 Å². The van der Waals surface area contributed by atoms with Crippen LogP contribution >= 0.6 is 0 Å². The van der Waals surface area contributed by atoms with E-state index in [1.807, 2.05) is 42.5 Å². The maximum absolute atomic E-state index is 11.9. The topological polar surface area (TPSA) is 61.4 Å². The first kappa shape index (κ1) is 13.4. The Bertz CT molecular complexity index is 588. The molecule has 0 radical (unpaired) electrons. The van der Waals surface area contributed by atoms with Crippen LogP contribution in [0.5, 0.6) is 0 Å². The monoisotopic (exact) mass is 258 g/mol. The highest BCUT2D eigenvalue weighted by molar-refractivity contribution is 6.01. The molecule has 0 aliphatic rings. The third-order valence-corrected chi connectivity index (χ3v) is 2.89. The molecule has 19 heavy (non-hydrogen) atoms. The van der Waals surface area contributed by atoms with E-state index in [1.165, 1.54) is 0 Å². The molecule has 4 heteroatoms. The highest BCUT2D eigenvalue weighted by atomic mass is 16.3. The highest BCUT2D eigenvalue weighted by Crippen LogP contribution is 2.22. The molecule has 2 aromatic carbocycles. The molecule has 0 spiro atoms. The van der Waals surface area contributed by atoms with Crippen molar-refractivity contribution in [1.29, 1.82) is 0 Å². The number of nitrogens with one attached hydrogen (secondary N) is 2. The summed E-state index contributed by atoms with van der Waals surface area (Å²) < 4.78 is 0. The van der Waals surface area contributed by atoms with Gasteiger partial charge in [0.25, 0.3) is 0 Å². The van der Waals surface area contributed by atoms with Crippen molar-refractivity contribution >= 4 is 22.5 Å². The summed E-state index contributed by atoms with van der Waals surface area (Å²) in [4.78, 5) is 11.9. The predicted octanol–water partition coefficient (Wildman–Crippen LogP) is 2.73. The van der Waals surface area contributed by atoms with E-state index < -0.39 is 5.54 Å². The van der Waals surface area contributed by atoms with Crippen LogP contribution in [-0.2, 0) is 0 Å². The summed E-state index contributed by atoms with van der Waals surface area (Å²) in [7, 11) is 0. The van der Waals surface area contributed by atoms with Gasteiger partial charge in [-0.15, -0.1) is 0 Å². The van der Waals surface area contributed by atoms with Gasteiger partial charge in [0.2, 0.25) is 0 Å². The van der Waals surface area contributed by atoms with Gasteiger partial charge in [0.05, 0.1) is 17.8 Å². The van der Waals surface area contributed by atoms with E-state index in [1.54, 1.807) is 13.8 Å². The van der Waals surface area contributed by atoms with Crippen molar-refractivity contribution in [3.05, 3.63) is 42.5 Å². The maximum Gasteiger partial charge on any atom is 0.319 e. The number of rotatable bonds is 3. The third kappa shape index (κ3) is 3.23. The average molecular weight is 258 g/mol. The number of carbonyl (C=O) groups is 1. The number of aliphatic hydroxyl groups is 1. The van der Waals surface area contributed by atoms with Crippen molar-refractivity contribution in [3.63, 3.8) is 0 Å². The van der Waals surface area contributed by atoms with Crippen LogP contribution in [-0.4, -0.2) is 23.3 Å². The van der Waals surface area contributed by atoms with Gasteiger partial charge in [0.15, 0.2) is 0 Å². The van der Waals surface area contributed by atoms with Crippen molar-refractivity contribution < 1.29 is 9.90 Å². The fourth-order valence-corrected chi connectivity index (χ4v) is 1.83. The Kier molecular flexibility index (Phi) is 3.71. The lowest BCUT2D eigenvalue weighted by molar-refractivity contribution is 0.187. The Hall–Kier alpha value is -2.07. The van der Waals surface area contributed by atoms with Gasteiger partial charge in [-0.05, 0) is 25.3 Å².